The molecule has 0 atom stereocenters. The van der Waals surface area contributed by atoms with Crippen LogP contribution in [0.2, 0.25) is 0 Å². The van der Waals surface area contributed by atoms with Crippen LogP contribution in [0.1, 0.15) is 50.8 Å². The van der Waals surface area contributed by atoms with E-state index in [1.807, 2.05) is 16.7 Å². The van der Waals surface area contributed by atoms with Gasteiger partial charge in [0.05, 0.1) is 28.5 Å². The van der Waals surface area contributed by atoms with Gasteiger partial charge in [-0.05, 0) is 69.4 Å². The highest BCUT2D eigenvalue weighted by atomic mass is 32.2. The van der Waals surface area contributed by atoms with Gasteiger partial charge in [0, 0.05) is 31.4 Å². The monoisotopic (exact) mass is 568 g/mol. The van der Waals surface area contributed by atoms with Gasteiger partial charge in [-0.3, -0.25) is 19.5 Å². The molecule has 12 nitrogen and oxygen atoms in total. The molecular weight excluding hydrogens is 536 g/mol. The van der Waals surface area contributed by atoms with E-state index >= 15 is 0 Å². The van der Waals surface area contributed by atoms with Crippen LogP contribution < -0.4 is 15.5 Å². The van der Waals surface area contributed by atoms with Crippen molar-refractivity contribution in [2.45, 2.75) is 56.6 Å². The van der Waals surface area contributed by atoms with E-state index in [0.29, 0.717) is 28.6 Å². The summed E-state index contributed by atoms with van der Waals surface area (Å²) >= 11 is 0. The number of anilines is 3. The number of benzene rings is 1. The number of nitrogens with zero attached hydrogens (tertiary/aromatic N) is 5. The number of ether oxygens (including phenoxy) is 1. The average Bonchev–Trinajstić information content (AvgIpc) is 3.56. The van der Waals surface area contributed by atoms with Crippen molar-refractivity contribution in [3.05, 3.63) is 47.9 Å². The summed E-state index contributed by atoms with van der Waals surface area (Å²) in [5.74, 6) is 0.0627. The molecule has 0 unspecified atom stereocenters. The minimum Gasteiger partial charge on any atom is -0.443 e. The van der Waals surface area contributed by atoms with E-state index in [9.17, 15) is 22.8 Å². The molecule has 3 aromatic rings. The Morgan fingerprint density at radius 2 is 1.88 bits per heavy atom. The van der Waals surface area contributed by atoms with Crippen LogP contribution in [0.15, 0.2) is 41.6 Å². The minimum atomic E-state index is -3.57. The fraction of sp³-hybridized carbons (Fsp3) is 0.407. The SMILES string of the molecule is CN1C(=O)CN(c2cc(C3CC3)cn3cc(CN(C(=O)OC(C)(C)C)c4ccc(S(C)(=O)=O)c(N)c4)nc23)C1=O. The van der Waals surface area contributed by atoms with Crippen LogP contribution in [-0.2, 0) is 25.9 Å². The summed E-state index contributed by atoms with van der Waals surface area (Å²) < 4.78 is 31.6. The molecule has 212 valence electrons. The lowest BCUT2D eigenvalue weighted by Gasteiger charge is -2.27. The smallest absolute Gasteiger partial charge is 0.415 e. The minimum absolute atomic E-state index is 0.00116. The van der Waals surface area contributed by atoms with Crippen LogP contribution in [-0.4, -0.2) is 66.2 Å². The van der Waals surface area contributed by atoms with Gasteiger partial charge in [-0.15, -0.1) is 0 Å². The largest absolute Gasteiger partial charge is 0.443 e. The van der Waals surface area contributed by atoms with Crippen molar-refractivity contribution < 1.29 is 27.5 Å². The van der Waals surface area contributed by atoms with Gasteiger partial charge in [-0.1, -0.05) is 0 Å². The maximum atomic E-state index is 13.3. The van der Waals surface area contributed by atoms with Gasteiger partial charge in [0.15, 0.2) is 15.5 Å². The number of fused-ring (bicyclic) bond motifs is 1. The number of carbonyl (C=O) groups excluding carboxylic acids is 3. The summed E-state index contributed by atoms with van der Waals surface area (Å²) in [4.78, 5) is 47.0. The summed E-state index contributed by atoms with van der Waals surface area (Å²) in [6.07, 6.45) is 6.19. The van der Waals surface area contributed by atoms with Crippen molar-refractivity contribution in [2.24, 2.45) is 0 Å². The molecule has 13 heteroatoms. The molecule has 1 saturated heterocycles. The third-order valence-electron chi connectivity index (χ3n) is 6.77. The molecule has 5 rings (SSSR count). The van der Waals surface area contributed by atoms with E-state index in [1.54, 1.807) is 27.0 Å². The fourth-order valence-electron chi connectivity index (χ4n) is 4.63. The van der Waals surface area contributed by atoms with Crippen molar-refractivity contribution in [3.8, 4) is 0 Å². The van der Waals surface area contributed by atoms with E-state index in [1.165, 1.54) is 35.0 Å². The first-order valence-electron chi connectivity index (χ1n) is 12.8. The predicted molar refractivity (Wildman–Crippen MR) is 149 cm³/mol. The van der Waals surface area contributed by atoms with E-state index in [0.717, 1.165) is 29.6 Å². The molecule has 0 bridgehead atoms. The predicted octanol–water partition coefficient (Wildman–Crippen LogP) is 3.54. The number of amides is 4. The molecule has 2 N–H and O–H groups in total. The molecule has 0 spiro atoms. The third kappa shape index (κ3) is 5.33. The van der Waals surface area contributed by atoms with Gasteiger partial charge in [0.25, 0.3) is 0 Å². The molecule has 1 saturated carbocycles. The maximum absolute atomic E-state index is 13.3. The summed E-state index contributed by atoms with van der Waals surface area (Å²) in [5.41, 5.74) is 8.09. The number of carbonyl (C=O) groups is 3. The first-order chi connectivity index (χ1) is 18.6. The number of imide groups is 1. The second kappa shape index (κ2) is 9.51. The Morgan fingerprint density at radius 1 is 1.18 bits per heavy atom. The van der Waals surface area contributed by atoms with Crippen molar-refractivity contribution in [1.29, 1.82) is 0 Å². The standard InChI is InChI=1S/C27H32N6O6S/c1-27(2,3)39-26(36)32(19-8-9-22(20(28)11-19)40(5,37)38)14-18-13-31-12-17(16-6-7-16)10-21(24(31)29-18)33-15-23(34)30(4)25(33)35/h8-13,16H,6-7,14-15,28H2,1-5H3. The van der Waals surface area contributed by atoms with Crippen LogP contribution >= 0.6 is 0 Å². The molecule has 1 aliphatic carbocycles. The lowest BCUT2D eigenvalue weighted by atomic mass is 10.1. The topological polar surface area (TPSA) is 148 Å². The van der Waals surface area contributed by atoms with E-state index in [-0.39, 0.29) is 29.6 Å². The molecule has 0 radical (unpaired) electrons. The Balaban J connectivity index is 1.57. The molecular formula is C27H32N6O6S. The number of urea groups is 1. The summed E-state index contributed by atoms with van der Waals surface area (Å²) in [6.45, 7) is 5.11. The molecule has 40 heavy (non-hydrogen) atoms. The second-order valence-corrected chi connectivity index (χ2v) is 13.3. The lowest BCUT2D eigenvalue weighted by Crippen LogP contribution is -2.36. The van der Waals surface area contributed by atoms with E-state index in [4.69, 9.17) is 15.5 Å². The van der Waals surface area contributed by atoms with Crippen LogP contribution in [0.25, 0.3) is 5.65 Å². The van der Waals surface area contributed by atoms with Crippen molar-refractivity contribution in [1.82, 2.24) is 14.3 Å². The van der Waals surface area contributed by atoms with Crippen molar-refractivity contribution in [3.63, 3.8) is 0 Å². The maximum Gasteiger partial charge on any atom is 0.415 e. The number of hydrogen-bond acceptors (Lipinski definition) is 8. The summed E-state index contributed by atoms with van der Waals surface area (Å²) in [5, 5.41) is 0. The van der Waals surface area contributed by atoms with Crippen LogP contribution in [0.3, 0.4) is 0 Å². The Morgan fingerprint density at radius 3 is 2.42 bits per heavy atom. The Labute approximate surface area is 232 Å². The van der Waals surface area contributed by atoms with Gasteiger partial charge < -0.3 is 14.9 Å². The zero-order valence-corrected chi connectivity index (χ0v) is 23.9. The molecule has 2 aromatic heterocycles. The number of pyridine rings is 1. The zero-order chi connectivity index (χ0) is 29.1. The van der Waals surface area contributed by atoms with Gasteiger partial charge in [-0.2, -0.15) is 0 Å². The summed E-state index contributed by atoms with van der Waals surface area (Å²) in [6, 6.07) is 5.74. The number of rotatable bonds is 6. The number of likely N-dealkylation sites (N-methyl/N-ethyl adjacent to an activating group) is 1. The number of nitrogen functional groups attached to an aromatic ring is 1. The number of sulfone groups is 1. The first-order valence-corrected chi connectivity index (χ1v) is 14.7. The molecule has 1 aromatic carbocycles. The van der Waals surface area contributed by atoms with Crippen molar-refractivity contribution in [2.75, 3.05) is 35.4 Å². The first kappa shape index (κ1) is 27.4. The Kier molecular flexibility index (Phi) is 6.52. The molecule has 1 aliphatic heterocycles. The Hall–Kier alpha value is -4.13. The second-order valence-electron chi connectivity index (χ2n) is 11.3. The van der Waals surface area contributed by atoms with Crippen LogP contribution in [0.4, 0.5) is 26.7 Å². The van der Waals surface area contributed by atoms with Gasteiger partial charge in [-0.25, -0.2) is 23.0 Å². The summed E-state index contributed by atoms with van der Waals surface area (Å²) in [7, 11) is -2.12. The molecule has 3 heterocycles. The highest BCUT2D eigenvalue weighted by Gasteiger charge is 2.37. The zero-order valence-electron chi connectivity index (χ0n) is 23.0. The number of imidazole rings is 1. The highest BCUT2D eigenvalue weighted by Crippen LogP contribution is 2.42. The average molecular weight is 569 g/mol. The normalized spacial score (nSPS) is 16.2. The van der Waals surface area contributed by atoms with Gasteiger partial charge >= 0.3 is 12.1 Å². The number of hydrogen-bond donors (Lipinski definition) is 1. The van der Waals surface area contributed by atoms with Crippen molar-refractivity contribution >= 4 is 50.6 Å². The number of nitrogens with two attached hydrogens (primary N) is 1. The molecule has 2 aliphatic rings. The molecule has 4 amide bonds. The fourth-order valence-corrected chi connectivity index (χ4v) is 5.44. The van der Waals surface area contributed by atoms with Gasteiger partial charge in [0.1, 0.15) is 12.1 Å². The van der Waals surface area contributed by atoms with E-state index < -0.39 is 27.6 Å². The third-order valence-corrected chi connectivity index (χ3v) is 7.94. The Bertz CT molecular complexity index is 1650. The number of aromatic nitrogens is 2. The molecule has 2 fully saturated rings. The van der Waals surface area contributed by atoms with E-state index in [2.05, 4.69) is 0 Å². The lowest BCUT2D eigenvalue weighted by molar-refractivity contribution is -0.123. The highest BCUT2D eigenvalue weighted by molar-refractivity contribution is 7.90. The van der Waals surface area contributed by atoms with Gasteiger partial charge in [0.2, 0.25) is 5.91 Å². The quantitative estimate of drug-likeness (QED) is 0.351. The van der Waals surface area contributed by atoms with Crippen LogP contribution in [0, 0.1) is 0 Å². The van der Waals surface area contributed by atoms with Crippen LogP contribution in [0.5, 0.6) is 0 Å².